The third-order valence-electron chi connectivity index (χ3n) is 6.89. The molecule has 0 radical (unpaired) electrons. The Hall–Kier alpha value is -2.99. The number of carbonyl (C=O) groups is 1. The predicted octanol–water partition coefficient (Wildman–Crippen LogP) is 4.93. The number of aryl methyl sites for hydroxylation is 2. The van der Waals surface area contributed by atoms with Crippen LogP contribution in [0.3, 0.4) is 0 Å². The van der Waals surface area contributed by atoms with Gasteiger partial charge in [-0.15, -0.1) is 11.8 Å². The van der Waals surface area contributed by atoms with E-state index in [1.807, 2.05) is 35.2 Å². The normalized spacial score (nSPS) is 17.5. The quantitative estimate of drug-likeness (QED) is 0.545. The first-order valence-corrected chi connectivity index (χ1v) is 12.4. The highest BCUT2D eigenvalue weighted by Crippen LogP contribution is 2.45. The number of nitrogens with zero attached hydrogens (tertiary/aromatic N) is 3. The topological polar surface area (TPSA) is 45.6 Å². The monoisotopic (exact) mass is 459 g/mol. The molecule has 1 unspecified atom stereocenters. The summed E-state index contributed by atoms with van der Waals surface area (Å²) in [4.78, 5) is 29.2. The largest absolute Gasteiger partial charge is 0.316 e. The number of pyridine rings is 1. The van der Waals surface area contributed by atoms with Crippen molar-refractivity contribution >= 4 is 17.7 Å². The van der Waals surface area contributed by atoms with E-state index in [2.05, 4.69) is 55.3 Å². The van der Waals surface area contributed by atoms with Crippen molar-refractivity contribution in [1.82, 2.24) is 9.58 Å². The number of hydrogen-bond acceptors (Lipinski definition) is 4. The van der Waals surface area contributed by atoms with Gasteiger partial charge < -0.3 is 4.90 Å². The highest BCUT2D eigenvalue weighted by molar-refractivity contribution is 7.98. The Morgan fingerprint density at radius 1 is 0.970 bits per heavy atom. The standard InChI is InChI=1S/C27H29N3O2S/c1-16(2)28-15-30(29-13-12-22(31)19(5)24(29)27(28)32)25-21-9-7-6-8-20(21)14-33-26-18(4)11-10-17(3)23(25)26/h6-13,16,25H,14-15H2,1-5H3. The second kappa shape index (κ2) is 8.10. The highest BCUT2D eigenvalue weighted by atomic mass is 32.2. The van der Waals surface area contributed by atoms with Crippen LogP contribution in [0.2, 0.25) is 0 Å². The molecule has 170 valence electrons. The van der Waals surface area contributed by atoms with Crippen molar-refractivity contribution in [2.24, 2.45) is 0 Å². The number of benzene rings is 2. The van der Waals surface area contributed by atoms with E-state index in [9.17, 15) is 9.59 Å². The first-order valence-electron chi connectivity index (χ1n) is 11.4. The smallest absolute Gasteiger partial charge is 0.274 e. The summed E-state index contributed by atoms with van der Waals surface area (Å²) < 4.78 is 1.93. The van der Waals surface area contributed by atoms with E-state index in [-0.39, 0.29) is 23.4 Å². The van der Waals surface area contributed by atoms with E-state index in [1.54, 1.807) is 19.2 Å². The third-order valence-corrected chi connectivity index (χ3v) is 8.17. The van der Waals surface area contributed by atoms with Gasteiger partial charge in [0.25, 0.3) is 5.91 Å². The highest BCUT2D eigenvalue weighted by Gasteiger charge is 2.39. The lowest BCUT2D eigenvalue weighted by Gasteiger charge is -2.46. The van der Waals surface area contributed by atoms with Crippen molar-refractivity contribution < 1.29 is 4.79 Å². The summed E-state index contributed by atoms with van der Waals surface area (Å²) >= 11 is 1.89. The van der Waals surface area contributed by atoms with Gasteiger partial charge in [0.05, 0.1) is 6.04 Å². The molecule has 0 saturated carbocycles. The van der Waals surface area contributed by atoms with Crippen LogP contribution in [0.15, 0.2) is 58.4 Å². The first-order chi connectivity index (χ1) is 15.8. The van der Waals surface area contributed by atoms with Crippen LogP contribution in [0.4, 0.5) is 0 Å². The molecule has 1 amide bonds. The number of carbonyl (C=O) groups excluding carboxylic acids is 1. The van der Waals surface area contributed by atoms with Gasteiger partial charge >= 0.3 is 0 Å². The third kappa shape index (κ3) is 3.39. The molecular formula is C27H29N3O2S. The van der Waals surface area contributed by atoms with E-state index < -0.39 is 0 Å². The fraction of sp³-hybridized carbons (Fsp3) is 0.333. The molecule has 0 N–H and O–H groups in total. The van der Waals surface area contributed by atoms with E-state index in [0.29, 0.717) is 17.9 Å². The van der Waals surface area contributed by atoms with Gasteiger partial charge in [-0.1, -0.05) is 36.4 Å². The van der Waals surface area contributed by atoms with Gasteiger partial charge in [-0.25, -0.2) is 0 Å². The zero-order valence-electron chi connectivity index (χ0n) is 19.8. The summed E-state index contributed by atoms with van der Waals surface area (Å²) in [6, 6.07) is 14.5. The average Bonchev–Trinajstić information content (AvgIpc) is 2.97. The zero-order valence-corrected chi connectivity index (χ0v) is 20.6. The van der Waals surface area contributed by atoms with Gasteiger partial charge in [0, 0.05) is 34.5 Å². The van der Waals surface area contributed by atoms with E-state index in [4.69, 9.17) is 0 Å². The molecule has 6 heteroatoms. The number of aromatic nitrogens is 1. The van der Waals surface area contributed by atoms with Crippen LogP contribution in [-0.4, -0.2) is 28.2 Å². The Balaban J connectivity index is 1.83. The lowest BCUT2D eigenvalue weighted by molar-refractivity contribution is 0.0625. The molecule has 0 aliphatic carbocycles. The molecule has 2 aliphatic rings. The van der Waals surface area contributed by atoms with Crippen LogP contribution < -0.4 is 10.4 Å². The van der Waals surface area contributed by atoms with Crippen molar-refractivity contribution in [1.29, 1.82) is 0 Å². The van der Waals surface area contributed by atoms with Crippen molar-refractivity contribution in [3.05, 3.63) is 98.0 Å². The Bertz CT molecular complexity index is 1330. The zero-order chi connectivity index (χ0) is 23.4. The van der Waals surface area contributed by atoms with Crippen LogP contribution in [0.1, 0.15) is 63.8 Å². The van der Waals surface area contributed by atoms with E-state index >= 15 is 0 Å². The SMILES string of the molecule is Cc1ccc(C)c2c1SCc1ccccc1C2N1CN(C(C)C)C(=O)c2c(C)c(=O)ccn21. The fourth-order valence-electron chi connectivity index (χ4n) is 5.01. The Labute approximate surface area is 199 Å². The van der Waals surface area contributed by atoms with Crippen LogP contribution in [0.25, 0.3) is 0 Å². The Morgan fingerprint density at radius 2 is 1.70 bits per heavy atom. The van der Waals surface area contributed by atoms with Gasteiger partial charge in [0.1, 0.15) is 12.4 Å². The minimum Gasteiger partial charge on any atom is -0.316 e. The average molecular weight is 460 g/mol. The molecule has 1 atom stereocenters. The number of amides is 1. The van der Waals surface area contributed by atoms with Gasteiger partial charge in [-0.05, 0) is 62.4 Å². The van der Waals surface area contributed by atoms with Gasteiger partial charge in [0.2, 0.25) is 0 Å². The van der Waals surface area contributed by atoms with Gasteiger partial charge in [0.15, 0.2) is 5.43 Å². The number of hydrogen-bond donors (Lipinski definition) is 0. The van der Waals surface area contributed by atoms with Crippen LogP contribution in [-0.2, 0) is 5.75 Å². The summed E-state index contributed by atoms with van der Waals surface area (Å²) in [6.45, 7) is 10.6. The summed E-state index contributed by atoms with van der Waals surface area (Å²) in [6.07, 6.45) is 1.77. The summed E-state index contributed by atoms with van der Waals surface area (Å²) in [5.41, 5.74) is 7.18. The molecular weight excluding hydrogens is 430 g/mol. The van der Waals surface area contributed by atoms with E-state index in [0.717, 1.165) is 5.75 Å². The Morgan fingerprint density at radius 3 is 2.45 bits per heavy atom. The molecule has 3 aromatic rings. The molecule has 0 saturated heterocycles. The first kappa shape index (κ1) is 21.8. The molecule has 0 spiro atoms. The minimum atomic E-state index is -0.107. The number of fused-ring (bicyclic) bond motifs is 3. The second-order valence-electron chi connectivity index (χ2n) is 9.28. The molecule has 33 heavy (non-hydrogen) atoms. The van der Waals surface area contributed by atoms with Crippen molar-refractivity contribution in [3.63, 3.8) is 0 Å². The predicted molar refractivity (Wildman–Crippen MR) is 134 cm³/mol. The lowest BCUT2D eigenvalue weighted by Crippen LogP contribution is -2.57. The van der Waals surface area contributed by atoms with Gasteiger partial charge in [-0.2, -0.15) is 0 Å². The van der Waals surface area contributed by atoms with E-state index in [1.165, 1.54) is 32.7 Å². The summed E-state index contributed by atoms with van der Waals surface area (Å²) in [5, 5.41) is 2.26. The summed E-state index contributed by atoms with van der Waals surface area (Å²) in [5.74, 6) is 0.814. The lowest BCUT2D eigenvalue weighted by atomic mass is 9.90. The molecule has 5 nitrogen and oxygen atoms in total. The van der Waals surface area contributed by atoms with Crippen molar-refractivity contribution in [2.75, 3.05) is 11.7 Å². The molecule has 3 heterocycles. The maximum absolute atomic E-state index is 13.5. The second-order valence-corrected chi connectivity index (χ2v) is 10.3. The maximum atomic E-state index is 13.5. The molecule has 2 aliphatic heterocycles. The van der Waals surface area contributed by atoms with Crippen LogP contribution in [0.5, 0.6) is 0 Å². The van der Waals surface area contributed by atoms with Crippen LogP contribution >= 0.6 is 11.8 Å². The van der Waals surface area contributed by atoms with Gasteiger partial charge in [-0.3, -0.25) is 19.3 Å². The fourth-order valence-corrected chi connectivity index (χ4v) is 6.30. The van der Waals surface area contributed by atoms with Crippen LogP contribution in [0, 0.1) is 20.8 Å². The molecule has 2 aromatic carbocycles. The number of thioether (sulfide) groups is 1. The molecule has 0 fully saturated rings. The maximum Gasteiger partial charge on any atom is 0.274 e. The number of rotatable bonds is 2. The van der Waals surface area contributed by atoms with Crippen molar-refractivity contribution in [3.8, 4) is 0 Å². The van der Waals surface area contributed by atoms with Crippen molar-refractivity contribution in [2.45, 2.75) is 57.4 Å². The molecule has 1 aromatic heterocycles. The summed E-state index contributed by atoms with van der Waals surface area (Å²) in [7, 11) is 0. The minimum absolute atomic E-state index is 0.0110. The Kier molecular flexibility index (Phi) is 5.36. The molecule has 0 bridgehead atoms. The molecule has 5 rings (SSSR count).